The highest BCUT2D eigenvalue weighted by atomic mass is 19.1. The number of carboxylic acids is 1. The van der Waals surface area contributed by atoms with Crippen molar-refractivity contribution in [2.75, 3.05) is 6.61 Å². The molecule has 7 rings (SSSR count). The van der Waals surface area contributed by atoms with E-state index >= 15 is 0 Å². The van der Waals surface area contributed by atoms with Gasteiger partial charge in [0.2, 0.25) is 5.88 Å². The maximum absolute atomic E-state index is 14.3. The molecule has 0 bridgehead atoms. The second-order valence-electron chi connectivity index (χ2n) is 11.8. The highest BCUT2D eigenvalue weighted by Gasteiger charge is 2.58. The van der Waals surface area contributed by atoms with Gasteiger partial charge in [-0.15, -0.1) is 0 Å². The molecular weight excluding hydrogens is 523 g/mol. The lowest BCUT2D eigenvalue weighted by Gasteiger charge is -2.30. The Kier molecular flexibility index (Phi) is 6.39. The molecule has 3 aliphatic carbocycles. The molecule has 2 aromatic heterocycles. The number of aromatic nitrogens is 3. The third kappa shape index (κ3) is 4.80. The van der Waals surface area contributed by atoms with Gasteiger partial charge < -0.3 is 19.1 Å². The molecule has 1 aliphatic heterocycles. The van der Waals surface area contributed by atoms with Crippen molar-refractivity contribution in [3.05, 3.63) is 81.8 Å². The Morgan fingerprint density at radius 3 is 2.76 bits per heavy atom. The van der Waals surface area contributed by atoms with E-state index in [1.807, 2.05) is 18.2 Å². The van der Waals surface area contributed by atoms with Crippen molar-refractivity contribution in [2.24, 2.45) is 5.41 Å². The maximum atomic E-state index is 14.3. The third-order valence-electron chi connectivity index (χ3n) is 9.46. The highest BCUT2D eigenvalue weighted by molar-refractivity contribution is 5.94. The number of ether oxygens (including phenoxy) is 2. The van der Waals surface area contributed by atoms with Crippen molar-refractivity contribution >= 4 is 12.0 Å². The van der Waals surface area contributed by atoms with Gasteiger partial charge in [0, 0.05) is 53.5 Å². The summed E-state index contributed by atoms with van der Waals surface area (Å²) in [6.45, 7) is 1.59. The molecule has 2 saturated carbocycles. The number of pyridine rings is 1. The van der Waals surface area contributed by atoms with E-state index in [1.165, 1.54) is 6.07 Å². The molecule has 210 valence electrons. The standard InChI is InChI=1S/C32H31FN4O4/c33-25-12-19(16-34)4-5-21(25)18-41-29-3-1-2-26(35-29)20-6-9-32(10-7-20)15-24(32)30-36-27-13-22(31(38)39)14-28(27)37(30)17-23-8-11-40-23/h1-5,12-13,20,23-24H,6-11,14-15,17-18H2,(H,38,39). The Labute approximate surface area is 237 Å². The molecule has 8 nitrogen and oxygen atoms in total. The summed E-state index contributed by atoms with van der Waals surface area (Å²) in [5.41, 5.74) is 4.16. The number of hydrogen-bond donors (Lipinski definition) is 1. The normalized spacial score (nSPS) is 26.1. The molecule has 3 aromatic rings. The molecule has 3 fully saturated rings. The van der Waals surface area contributed by atoms with Crippen LogP contribution in [0.15, 0.2) is 42.0 Å². The van der Waals surface area contributed by atoms with Crippen LogP contribution in [0, 0.1) is 22.6 Å². The van der Waals surface area contributed by atoms with Gasteiger partial charge in [-0.3, -0.25) is 0 Å². The first-order valence-corrected chi connectivity index (χ1v) is 14.4. The van der Waals surface area contributed by atoms with Gasteiger partial charge in [-0.1, -0.05) is 12.1 Å². The van der Waals surface area contributed by atoms with Crippen molar-refractivity contribution in [1.29, 1.82) is 5.26 Å². The molecule has 3 heterocycles. The SMILES string of the molecule is N#Cc1ccc(COc2cccc(C3CCC4(CC3)CC4c3nc4c(n3CC3CCO3)CC(C(=O)O)=C4)n2)c(F)c1. The number of carbonyl (C=O) groups is 1. The highest BCUT2D eigenvalue weighted by Crippen LogP contribution is 2.67. The van der Waals surface area contributed by atoms with E-state index in [0.717, 1.165) is 74.6 Å². The fraction of sp³-hybridized carbons (Fsp3) is 0.438. The van der Waals surface area contributed by atoms with E-state index in [2.05, 4.69) is 4.57 Å². The van der Waals surface area contributed by atoms with Crippen LogP contribution in [0.4, 0.5) is 4.39 Å². The number of nitrogens with zero attached hydrogens (tertiary/aromatic N) is 4. The summed E-state index contributed by atoms with van der Waals surface area (Å²) >= 11 is 0. The molecule has 0 amide bonds. The van der Waals surface area contributed by atoms with Crippen LogP contribution in [0.5, 0.6) is 5.88 Å². The largest absolute Gasteiger partial charge is 0.478 e. The van der Waals surface area contributed by atoms with Crippen LogP contribution in [0.25, 0.3) is 6.08 Å². The summed E-state index contributed by atoms with van der Waals surface area (Å²) in [5.74, 6) is 0.975. The Morgan fingerprint density at radius 2 is 2.05 bits per heavy atom. The van der Waals surface area contributed by atoms with Gasteiger partial charge in [0.15, 0.2) is 0 Å². The van der Waals surface area contributed by atoms with Crippen molar-refractivity contribution < 1.29 is 23.8 Å². The number of carboxylic acid groups (broad SMARTS) is 1. The van der Waals surface area contributed by atoms with Gasteiger partial charge >= 0.3 is 5.97 Å². The van der Waals surface area contributed by atoms with Crippen LogP contribution in [-0.2, 0) is 29.1 Å². The summed E-state index contributed by atoms with van der Waals surface area (Å²) in [5, 5.41) is 18.4. The molecule has 41 heavy (non-hydrogen) atoms. The quantitative estimate of drug-likeness (QED) is 0.391. The minimum absolute atomic E-state index is 0.0507. The van der Waals surface area contributed by atoms with Crippen LogP contribution >= 0.6 is 0 Å². The fourth-order valence-corrected chi connectivity index (χ4v) is 6.84. The van der Waals surface area contributed by atoms with E-state index in [4.69, 9.17) is 24.7 Å². The molecule has 4 aliphatic rings. The Bertz CT molecular complexity index is 1590. The van der Waals surface area contributed by atoms with E-state index in [1.54, 1.807) is 24.3 Å². The summed E-state index contributed by atoms with van der Waals surface area (Å²) in [6.07, 6.45) is 8.75. The number of fused-ring (bicyclic) bond motifs is 1. The Balaban J connectivity index is 1.01. The average molecular weight is 555 g/mol. The van der Waals surface area contributed by atoms with Gasteiger partial charge in [-0.05, 0) is 68.2 Å². The first-order valence-electron chi connectivity index (χ1n) is 14.4. The Morgan fingerprint density at radius 1 is 1.22 bits per heavy atom. The zero-order valence-corrected chi connectivity index (χ0v) is 22.7. The molecule has 1 spiro atoms. The number of hydrogen-bond acceptors (Lipinski definition) is 6. The van der Waals surface area contributed by atoms with Crippen molar-refractivity contribution in [1.82, 2.24) is 14.5 Å². The average Bonchev–Trinajstić information content (AvgIpc) is 3.30. The van der Waals surface area contributed by atoms with Crippen LogP contribution < -0.4 is 4.74 Å². The van der Waals surface area contributed by atoms with Crippen LogP contribution in [0.2, 0.25) is 0 Å². The predicted molar refractivity (Wildman–Crippen MR) is 147 cm³/mol. The summed E-state index contributed by atoms with van der Waals surface area (Å²) < 4.78 is 28.1. The zero-order valence-electron chi connectivity index (χ0n) is 22.7. The molecule has 2 unspecified atom stereocenters. The molecule has 1 saturated heterocycles. The minimum Gasteiger partial charge on any atom is -0.478 e. The number of halogens is 1. The van der Waals surface area contributed by atoms with Crippen molar-refractivity contribution in [3.8, 4) is 11.9 Å². The number of aliphatic carboxylic acids is 1. The van der Waals surface area contributed by atoms with Gasteiger partial charge in [-0.25, -0.2) is 19.2 Å². The van der Waals surface area contributed by atoms with E-state index < -0.39 is 11.8 Å². The van der Waals surface area contributed by atoms with Gasteiger partial charge in [0.1, 0.15) is 18.2 Å². The lowest BCUT2D eigenvalue weighted by molar-refractivity contribution is -0.132. The topological polar surface area (TPSA) is 110 Å². The maximum Gasteiger partial charge on any atom is 0.332 e. The monoisotopic (exact) mass is 554 g/mol. The smallest absolute Gasteiger partial charge is 0.332 e. The summed E-state index contributed by atoms with van der Waals surface area (Å²) in [6, 6.07) is 12.1. The number of imidazole rings is 1. The lowest BCUT2D eigenvalue weighted by atomic mass is 9.77. The second-order valence-corrected chi connectivity index (χ2v) is 11.8. The molecular formula is C32H31FN4O4. The van der Waals surface area contributed by atoms with Crippen LogP contribution in [0.3, 0.4) is 0 Å². The summed E-state index contributed by atoms with van der Waals surface area (Å²) in [4.78, 5) is 21.3. The van der Waals surface area contributed by atoms with Gasteiger partial charge in [0.05, 0.1) is 30.0 Å². The first kappa shape index (κ1) is 25.9. The minimum atomic E-state index is -0.873. The third-order valence-corrected chi connectivity index (χ3v) is 9.46. The molecule has 0 radical (unpaired) electrons. The number of nitriles is 1. The first-order chi connectivity index (χ1) is 19.9. The van der Waals surface area contributed by atoms with Crippen LogP contribution in [-0.4, -0.2) is 38.3 Å². The number of benzene rings is 1. The van der Waals surface area contributed by atoms with Crippen molar-refractivity contribution in [3.63, 3.8) is 0 Å². The van der Waals surface area contributed by atoms with Crippen molar-refractivity contribution in [2.45, 2.75) is 76.0 Å². The molecule has 1 N–H and O–H groups in total. The number of rotatable bonds is 8. The summed E-state index contributed by atoms with van der Waals surface area (Å²) in [7, 11) is 0. The van der Waals surface area contributed by atoms with E-state index in [9.17, 15) is 14.3 Å². The fourth-order valence-electron chi connectivity index (χ4n) is 6.84. The van der Waals surface area contributed by atoms with Gasteiger partial charge in [-0.2, -0.15) is 5.26 Å². The molecule has 9 heteroatoms. The zero-order chi connectivity index (χ0) is 28.1. The second kappa shape index (κ2) is 10.1. The van der Waals surface area contributed by atoms with E-state index in [-0.39, 0.29) is 23.7 Å². The molecule has 2 atom stereocenters. The predicted octanol–water partition coefficient (Wildman–Crippen LogP) is 5.51. The molecule has 1 aromatic carbocycles. The van der Waals surface area contributed by atoms with Gasteiger partial charge in [0.25, 0.3) is 0 Å². The van der Waals surface area contributed by atoms with E-state index in [0.29, 0.717) is 35.3 Å². The Hall–Kier alpha value is -4.03. The van der Waals surface area contributed by atoms with Crippen LogP contribution in [0.1, 0.15) is 84.4 Å². The lowest BCUT2D eigenvalue weighted by Crippen LogP contribution is -2.32.